The first-order valence-corrected chi connectivity index (χ1v) is 6.54. The number of nitrogens with one attached hydrogen (secondary N) is 1. The van der Waals surface area contributed by atoms with E-state index in [9.17, 15) is 4.79 Å². The molecular formula is C12H14N4OS. The molecule has 0 saturated carbocycles. The van der Waals surface area contributed by atoms with Crippen LogP contribution < -0.4 is 5.73 Å². The third-order valence-corrected chi connectivity index (χ3v) is 3.26. The van der Waals surface area contributed by atoms with Crippen molar-refractivity contribution in [3.8, 4) is 0 Å². The molecule has 3 N–H and O–H groups in total. The van der Waals surface area contributed by atoms with Gasteiger partial charge in [-0.15, -0.1) is 0 Å². The highest BCUT2D eigenvalue weighted by Crippen LogP contribution is 2.22. The Balaban J connectivity index is 2.08. The number of carbonyl (C=O) groups is 1. The van der Waals surface area contributed by atoms with Gasteiger partial charge in [-0.05, 0) is 6.42 Å². The predicted molar refractivity (Wildman–Crippen MR) is 75.1 cm³/mol. The van der Waals surface area contributed by atoms with Gasteiger partial charge >= 0.3 is 0 Å². The van der Waals surface area contributed by atoms with Gasteiger partial charge in [0.05, 0.1) is 5.39 Å². The maximum absolute atomic E-state index is 10.8. The Morgan fingerprint density at radius 3 is 3.17 bits per heavy atom. The van der Waals surface area contributed by atoms with Gasteiger partial charge in [-0.3, -0.25) is 4.79 Å². The van der Waals surface area contributed by atoms with E-state index in [-0.39, 0.29) is 5.12 Å². The second kappa shape index (κ2) is 5.68. The lowest BCUT2D eigenvalue weighted by atomic mass is 10.2. The normalized spacial score (nSPS) is 11.4. The number of nitrogens with two attached hydrogens (primary N) is 1. The monoisotopic (exact) mass is 262 g/mol. The molecule has 2 aromatic rings. The summed E-state index contributed by atoms with van der Waals surface area (Å²) in [5, 5.41) is 0.987. The van der Waals surface area contributed by atoms with E-state index >= 15 is 0 Å². The van der Waals surface area contributed by atoms with Crippen molar-refractivity contribution in [2.45, 2.75) is 13.3 Å². The van der Waals surface area contributed by atoms with E-state index < -0.39 is 0 Å². The molecule has 0 saturated heterocycles. The summed E-state index contributed by atoms with van der Waals surface area (Å²) in [6.07, 6.45) is 8.12. The number of rotatable bonds is 4. The van der Waals surface area contributed by atoms with Gasteiger partial charge in [0.2, 0.25) is 0 Å². The van der Waals surface area contributed by atoms with Crippen LogP contribution in [0.4, 0.5) is 5.82 Å². The fourth-order valence-corrected chi connectivity index (χ4v) is 2.17. The second-order valence-corrected chi connectivity index (χ2v) is 5.03. The van der Waals surface area contributed by atoms with Gasteiger partial charge in [0.15, 0.2) is 5.12 Å². The number of H-pyrrole nitrogens is 1. The molecule has 0 bridgehead atoms. The third kappa shape index (κ3) is 2.89. The number of fused-ring (bicyclic) bond motifs is 1. The summed E-state index contributed by atoms with van der Waals surface area (Å²) < 4.78 is 0. The number of aromatic amines is 1. The standard InChI is InChI=1S/C12H14N4OS/c1-8(17)18-5-3-2-4-9-6-14-12-10(9)11(13)15-7-16-12/h2,4,6-7H,3,5H2,1H3,(H3,13,14,15,16). The van der Waals surface area contributed by atoms with Gasteiger partial charge in [-0.25, -0.2) is 9.97 Å². The Morgan fingerprint density at radius 1 is 1.56 bits per heavy atom. The van der Waals surface area contributed by atoms with Crippen molar-refractivity contribution >= 4 is 39.8 Å². The maximum atomic E-state index is 10.8. The molecule has 18 heavy (non-hydrogen) atoms. The summed E-state index contributed by atoms with van der Waals surface area (Å²) in [5.74, 6) is 1.26. The van der Waals surface area contributed by atoms with Crippen molar-refractivity contribution in [3.05, 3.63) is 24.2 Å². The van der Waals surface area contributed by atoms with Crippen molar-refractivity contribution in [2.24, 2.45) is 0 Å². The molecule has 0 aliphatic rings. The number of hydrogen-bond donors (Lipinski definition) is 2. The van der Waals surface area contributed by atoms with Crippen molar-refractivity contribution in [3.63, 3.8) is 0 Å². The molecule has 2 rings (SSSR count). The Kier molecular flexibility index (Phi) is 3.99. The van der Waals surface area contributed by atoms with Crippen LogP contribution in [0.3, 0.4) is 0 Å². The third-order valence-electron chi connectivity index (χ3n) is 2.42. The largest absolute Gasteiger partial charge is 0.383 e. The lowest BCUT2D eigenvalue weighted by Crippen LogP contribution is -1.92. The van der Waals surface area contributed by atoms with Crippen LogP contribution in [-0.2, 0) is 4.79 Å². The fraction of sp³-hybridized carbons (Fsp3) is 0.250. The quantitative estimate of drug-likeness (QED) is 0.825. The average molecular weight is 262 g/mol. The number of nitrogens with zero attached hydrogens (tertiary/aromatic N) is 2. The maximum Gasteiger partial charge on any atom is 0.185 e. The molecule has 0 aliphatic heterocycles. The number of aromatic nitrogens is 3. The second-order valence-electron chi connectivity index (χ2n) is 3.76. The number of nitrogen functional groups attached to an aromatic ring is 1. The van der Waals surface area contributed by atoms with Crippen LogP contribution in [0.25, 0.3) is 17.1 Å². The Labute approximate surface area is 109 Å². The van der Waals surface area contributed by atoms with E-state index in [4.69, 9.17) is 5.73 Å². The van der Waals surface area contributed by atoms with Gasteiger partial charge in [0.25, 0.3) is 0 Å². The Bertz CT molecular complexity index is 591. The van der Waals surface area contributed by atoms with Crippen molar-refractivity contribution in [1.82, 2.24) is 15.0 Å². The molecule has 0 aromatic carbocycles. The van der Waals surface area contributed by atoms with Crippen LogP contribution in [0.2, 0.25) is 0 Å². The molecule has 0 atom stereocenters. The summed E-state index contributed by atoms with van der Waals surface area (Å²) >= 11 is 1.33. The average Bonchev–Trinajstić information content (AvgIpc) is 2.73. The Morgan fingerprint density at radius 2 is 2.39 bits per heavy atom. The first-order chi connectivity index (χ1) is 8.68. The molecule has 94 valence electrons. The molecule has 0 fully saturated rings. The van der Waals surface area contributed by atoms with Gasteiger partial charge in [-0.1, -0.05) is 23.9 Å². The number of carbonyl (C=O) groups excluding carboxylic acids is 1. The Hall–Kier alpha value is -1.82. The van der Waals surface area contributed by atoms with Crippen LogP contribution in [-0.4, -0.2) is 25.8 Å². The van der Waals surface area contributed by atoms with E-state index in [2.05, 4.69) is 15.0 Å². The fourth-order valence-electron chi connectivity index (χ4n) is 1.62. The van der Waals surface area contributed by atoms with Gasteiger partial charge in [0, 0.05) is 24.4 Å². The van der Waals surface area contributed by atoms with Crippen LogP contribution in [0.5, 0.6) is 0 Å². The number of thioether (sulfide) groups is 1. The van der Waals surface area contributed by atoms with Crippen molar-refractivity contribution in [2.75, 3.05) is 11.5 Å². The van der Waals surface area contributed by atoms with E-state index in [1.807, 2.05) is 18.3 Å². The molecule has 2 heterocycles. The molecule has 6 heteroatoms. The van der Waals surface area contributed by atoms with Crippen LogP contribution >= 0.6 is 11.8 Å². The lowest BCUT2D eigenvalue weighted by Gasteiger charge is -1.95. The first kappa shape index (κ1) is 12.6. The molecule has 0 radical (unpaired) electrons. The number of hydrogen-bond acceptors (Lipinski definition) is 5. The molecule has 2 aromatic heterocycles. The summed E-state index contributed by atoms with van der Waals surface area (Å²) in [5.41, 5.74) is 7.52. The molecule has 0 spiro atoms. The molecule has 0 unspecified atom stereocenters. The first-order valence-electron chi connectivity index (χ1n) is 5.56. The van der Waals surface area contributed by atoms with Crippen molar-refractivity contribution < 1.29 is 4.79 Å². The molecule has 0 aliphatic carbocycles. The summed E-state index contributed by atoms with van der Waals surface area (Å²) in [6.45, 7) is 1.58. The predicted octanol–water partition coefficient (Wildman–Crippen LogP) is 2.22. The van der Waals surface area contributed by atoms with E-state index in [0.29, 0.717) is 5.82 Å². The zero-order valence-electron chi connectivity index (χ0n) is 10.0. The van der Waals surface area contributed by atoms with Crippen LogP contribution in [0, 0.1) is 0 Å². The summed E-state index contributed by atoms with van der Waals surface area (Å²) in [4.78, 5) is 21.9. The summed E-state index contributed by atoms with van der Waals surface area (Å²) in [7, 11) is 0. The number of allylic oxidation sites excluding steroid dienone is 1. The highest BCUT2D eigenvalue weighted by molar-refractivity contribution is 8.13. The van der Waals surface area contributed by atoms with Crippen LogP contribution in [0.15, 0.2) is 18.6 Å². The van der Waals surface area contributed by atoms with Gasteiger partial charge in [-0.2, -0.15) is 0 Å². The molecule has 0 amide bonds. The SMILES string of the molecule is CC(=O)SCCC=Cc1c[nH]c2ncnc(N)c12. The van der Waals surface area contributed by atoms with Crippen molar-refractivity contribution in [1.29, 1.82) is 0 Å². The lowest BCUT2D eigenvalue weighted by molar-refractivity contribution is -0.109. The minimum atomic E-state index is 0.146. The zero-order valence-corrected chi connectivity index (χ0v) is 10.8. The zero-order chi connectivity index (χ0) is 13.0. The smallest absolute Gasteiger partial charge is 0.185 e. The highest BCUT2D eigenvalue weighted by Gasteiger charge is 2.05. The minimum absolute atomic E-state index is 0.146. The van der Waals surface area contributed by atoms with E-state index in [1.165, 1.54) is 18.1 Å². The van der Waals surface area contributed by atoms with E-state index in [1.54, 1.807) is 6.92 Å². The van der Waals surface area contributed by atoms with Gasteiger partial charge < -0.3 is 10.7 Å². The van der Waals surface area contributed by atoms with Gasteiger partial charge in [0.1, 0.15) is 17.8 Å². The minimum Gasteiger partial charge on any atom is -0.383 e. The number of anilines is 1. The molecule has 5 nitrogen and oxygen atoms in total. The summed E-state index contributed by atoms with van der Waals surface area (Å²) in [6, 6.07) is 0. The topological polar surface area (TPSA) is 84.7 Å². The highest BCUT2D eigenvalue weighted by atomic mass is 32.2. The van der Waals surface area contributed by atoms with E-state index in [0.717, 1.165) is 28.8 Å². The molecular weight excluding hydrogens is 248 g/mol. The van der Waals surface area contributed by atoms with Crippen LogP contribution in [0.1, 0.15) is 18.9 Å².